The molecule has 3 aliphatic rings. The summed E-state index contributed by atoms with van der Waals surface area (Å²) in [6, 6.07) is 9.02. The highest BCUT2D eigenvalue weighted by Gasteiger charge is 2.74. The molecule has 1 spiro atoms. The van der Waals surface area contributed by atoms with Gasteiger partial charge in [0.25, 0.3) is 0 Å². The van der Waals surface area contributed by atoms with Crippen molar-refractivity contribution in [3.8, 4) is 0 Å². The number of aliphatic hydroxyl groups is 1. The highest BCUT2D eigenvalue weighted by molar-refractivity contribution is 5.99. The summed E-state index contributed by atoms with van der Waals surface area (Å²) in [5.41, 5.74) is -0.0113. The number of unbranched alkanes of at least 4 members (excludes halogenated alkanes) is 3. The fraction of sp³-hybridized carbons (Fsp3) is 0.594. The Balaban J connectivity index is 1.67. The van der Waals surface area contributed by atoms with Gasteiger partial charge in [0.15, 0.2) is 0 Å². The first-order valence-corrected chi connectivity index (χ1v) is 14.9. The summed E-state index contributed by atoms with van der Waals surface area (Å²) >= 11 is 0. The number of hydrogen-bond donors (Lipinski definition) is 1. The van der Waals surface area contributed by atoms with Gasteiger partial charge >= 0.3 is 0 Å². The molecular weight excluding hydrogens is 506 g/mol. The van der Waals surface area contributed by atoms with Gasteiger partial charge in [-0.3, -0.25) is 14.4 Å². The molecule has 1 N–H and O–H groups in total. The number of hydrogen-bond acceptors (Lipinski definition) is 5. The highest BCUT2D eigenvalue weighted by atomic mass is 16.5. The minimum absolute atomic E-state index is 0.0742. The quantitative estimate of drug-likeness (QED) is 0.251. The zero-order chi connectivity index (χ0) is 28.7. The van der Waals surface area contributed by atoms with E-state index in [-0.39, 0.29) is 30.4 Å². The maximum absolute atomic E-state index is 14.4. The predicted octanol–water partition coefficient (Wildman–Crippen LogP) is 3.55. The van der Waals surface area contributed by atoms with E-state index in [1.54, 1.807) is 26.9 Å². The molecule has 3 heterocycles. The topological polar surface area (TPSA) is 90.4 Å². The van der Waals surface area contributed by atoms with E-state index >= 15 is 0 Å². The second-order valence-corrected chi connectivity index (χ2v) is 11.3. The Morgan fingerprint density at radius 3 is 2.45 bits per heavy atom. The van der Waals surface area contributed by atoms with Crippen molar-refractivity contribution in [2.75, 3.05) is 32.8 Å². The summed E-state index contributed by atoms with van der Waals surface area (Å²) in [4.78, 5) is 47.8. The fourth-order valence-corrected chi connectivity index (χ4v) is 7.00. The van der Waals surface area contributed by atoms with Crippen molar-refractivity contribution >= 4 is 17.7 Å². The van der Waals surface area contributed by atoms with Crippen LogP contribution in [0.4, 0.5) is 0 Å². The van der Waals surface area contributed by atoms with Gasteiger partial charge in [0.2, 0.25) is 17.7 Å². The van der Waals surface area contributed by atoms with Crippen LogP contribution in [-0.4, -0.2) is 88.1 Å². The van der Waals surface area contributed by atoms with E-state index in [0.717, 1.165) is 31.2 Å². The zero-order valence-electron chi connectivity index (χ0n) is 23.9. The number of nitrogens with zero attached hydrogens (tertiary/aromatic N) is 3. The number of carbonyl (C=O) groups excluding carboxylic acids is 3. The van der Waals surface area contributed by atoms with Crippen molar-refractivity contribution in [1.82, 2.24) is 14.7 Å². The van der Waals surface area contributed by atoms with Crippen molar-refractivity contribution in [3.63, 3.8) is 0 Å². The van der Waals surface area contributed by atoms with Crippen LogP contribution in [0.25, 0.3) is 0 Å². The second kappa shape index (κ2) is 13.6. The van der Waals surface area contributed by atoms with Crippen LogP contribution in [-0.2, 0) is 25.7 Å². The van der Waals surface area contributed by atoms with Gasteiger partial charge in [-0.15, -0.1) is 13.2 Å². The summed E-state index contributed by atoms with van der Waals surface area (Å²) in [5.74, 6) is -1.63. The van der Waals surface area contributed by atoms with Crippen molar-refractivity contribution in [1.29, 1.82) is 0 Å². The second-order valence-electron chi connectivity index (χ2n) is 11.3. The molecule has 5 atom stereocenters. The Morgan fingerprint density at radius 1 is 1.07 bits per heavy atom. The fourth-order valence-electron chi connectivity index (χ4n) is 7.00. The average molecular weight is 552 g/mol. The summed E-state index contributed by atoms with van der Waals surface area (Å²) in [6.07, 6.45) is 8.24. The van der Waals surface area contributed by atoms with E-state index < -0.39 is 23.5 Å². The molecule has 0 aliphatic carbocycles. The molecule has 2 bridgehead atoms. The Kier molecular flexibility index (Phi) is 10.2. The molecular formula is C32H45N3O5. The number of carbonyl (C=O) groups is 3. The Labute approximate surface area is 238 Å². The monoisotopic (exact) mass is 551 g/mol. The summed E-state index contributed by atoms with van der Waals surface area (Å²) in [6.45, 7) is 12.0. The molecule has 3 fully saturated rings. The van der Waals surface area contributed by atoms with Gasteiger partial charge in [-0.05, 0) is 37.7 Å². The smallest absolute Gasteiger partial charge is 0.248 e. The molecule has 3 saturated heterocycles. The lowest BCUT2D eigenvalue weighted by Gasteiger charge is -2.37. The van der Waals surface area contributed by atoms with Crippen LogP contribution < -0.4 is 0 Å². The molecule has 0 saturated carbocycles. The average Bonchev–Trinajstić information content (AvgIpc) is 3.60. The predicted molar refractivity (Wildman–Crippen MR) is 154 cm³/mol. The van der Waals surface area contributed by atoms with E-state index in [9.17, 15) is 14.4 Å². The Hall–Kier alpha value is -2.97. The lowest BCUT2D eigenvalue weighted by atomic mass is 9.70. The number of aliphatic hydroxyl groups excluding tert-OH is 1. The molecule has 3 aliphatic heterocycles. The van der Waals surface area contributed by atoms with Crippen molar-refractivity contribution < 1.29 is 24.2 Å². The summed E-state index contributed by atoms with van der Waals surface area (Å²) in [7, 11) is 0. The van der Waals surface area contributed by atoms with Gasteiger partial charge in [0.05, 0.1) is 17.9 Å². The number of benzene rings is 1. The third kappa shape index (κ3) is 5.75. The van der Waals surface area contributed by atoms with Gasteiger partial charge in [0, 0.05) is 39.3 Å². The van der Waals surface area contributed by atoms with Crippen molar-refractivity contribution in [3.05, 3.63) is 61.2 Å². The van der Waals surface area contributed by atoms with Crippen LogP contribution in [0.1, 0.15) is 57.4 Å². The molecule has 1 aromatic rings. The van der Waals surface area contributed by atoms with Crippen molar-refractivity contribution in [2.24, 2.45) is 11.8 Å². The van der Waals surface area contributed by atoms with Gasteiger partial charge in [-0.1, -0.05) is 62.2 Å². The number of rotatable bonds is 16. The van der Waals surface area contributed by atoms with Gasteiger partial charge in [-0.25, -0.2) is 0 Å². The molecule has 0 aromatic heterocycles. The van der Waals surface area contributed by atoms with Gasteiger partial charge in [0.1, 0.15) is 11.6 Å². The highest BCUT2D eigenvalue weighted by Crippen LogP contribution is 2.59. The summed E-state index contributed by atoms with van der Waals surface area (Å²) in [5, 5.41) is 9.17. The number of ether oxygens (including phenoxy) is 1. The number of likely N-dealkylation sites (tertiary alicyclic amines) is 1. The zero-order valence-corrected chi connectivity index (χ0v) is 23.9. The van der Waals surface area contributed by atoms with E-state index in [2.05, 4.69) is 13.2 Å². The van der Waals surface area contributed by atoms with E-state index in [1.807, 2.05) is 37.3 Å². The third-order valence-corrected chi connectivity index (χ3v) is 8.66. The number of fused-ring (bicyclic) bond motifs is 1. The number of amides is 3. The van der Waals surface area contributed by atoms with Crippen LogP contribution in [0.3, 0.4) is 0 Å². The van der Waals surface area contributed by atoms with Crippen LogP contribution in [0.5, 0.6) is 0 Å². The lowest BCUT2D eigenvalue weighted by molar-refractivity contribution is -0.149. The molecule has 2 unspecified atom stereocenters. The van der Waals surface area contributed by atoms with Crippen LogP contribution in [0, 0.1) is 11.8 Å². The van der Waals surface area contributed by atoms with Crippen LogP contribution in [0.15, 0.2) is 55.6 Å². The molecule has 3 amide bonds. The SMILES string of the molecule is C=CCN(Cc1ccccc1)C(=O)C1N(CCCCCCO)C(=O)[C@@H]2[C@H](C(=O)N(CC=C)CCC)[C@@H]3CCC12O3. The normalized spacial score (nSPS) is 26.6. The standard InChI is InChI=1S/C32H45N3O5/c1-4-18-33(19-5-2)29(37)26-25-16-17-32(40-25)27(26)30(38)35(21-12-7-8-13-22-36)28(32)31(39)34(20-6-3)23-24-14-10-9-11-15-24/h4,6,9-11,14-15,25-28,36H,1,3,5,7-8,12-13,16-23H2,2H3/t25-,26+,27-,28?,32?/m0/s1. The van der Waals surface area contributed by atoms with Crippen molar-refractivity contribution in [2.45, 2.75) is 76.2 Å². The van der Waals surface area contributed by atoms with Gasteiger partial charge in [-0.2, -0.15) is 0 Å². The lowest BCUT2D eigenvalue weighted by Crippen LogP contribution is -2.56. The van der Waals surface area contributed by atoms with E-state index in [0.29, 0.717) is 52.0 Å². The largest absolute Gasteiger partial charge is 0.396 e. The minimum Gasteiger partial charge on any atom is -0.396 e. The maximum atomic E-state index is 14.4. The molecule has 1 aromatic carbocycles. The van der Waals surface area contributed by atoms with Crippen LogP contribution in [0.2, 0.25) is 0 Å². The first-order valence-electron chi connectivity index (χ1n) is 14.9. The molecule has 4 rings (SSSR count). The first-order chi connectivity index (χ1) is 19.4. The van der Waals surface area contributed by atoms with Crippen LogP contribution >= 0.6 is 0 Å². The molecule has 0 radical (unpaired) electrons. The third-order valence-electron chi connectivity index (χ3n) is 8.66. The summed E-state index contributed by atoms with van der Waals surface area (Å²) < 4.78 is 6.64. The maximum Gasteiger partial charge on any atom is 0.248 e. The molecule has 218 valence electrons. The molecule has 8 heteroatoms. The van der Waals surface area contributed by atoms with Gasteiger partial charge < -0.3 is 24.5 Å². The van der Waals surface area contributed by atoms with E-state index in [1.165, 1.54) is 0 Å². The Bertz CT molecular complexity index is 1060. The minimum atomic E-state index is -1.01. The molecule has 40 heavy (non-hydrogen) atoms. The first kappa shape index (κ1) is 30.0. The molecule has 8 nitrogen and oxygen atoms in total. The Morgan fingerprint density at radius 2 is 1.77 bits per heavy atom. The van der Waals surface area contributed by atoms with E-state index in [4.69, 9.17) is 9.84 Å².